The predicted molar refractivity (Wildman–Crippen MR) is 106 cm³/mol. The number of aryl methyl sites for hydroxylation is 1. The number of thiophene rings is 1. The van der Waals surface area contributed by atoms with Crippen molar-refractivity contribution in [2.24, 2.45) is 5.92 Å². The first kappa shape index (κ1) is 17.2. The standard InChI is InChI=1S/C20H19ClN2O3S/c1-11-2-3-15-16(4-11)27-19-17(15)20(24)23(9-22-19)7-12-5-14(21)6-13-8-25-10-26-18(12)13/h5-6,9,11H,2-4,7-8,10H2,1H3. The zero-order valence-electron chi connectivity index (χ0n) is 15.0. The Labute approximate surface area is 165 Å². The van der Waals surface area contributed by atoms with Crippen LogP contribution in [0, 0.1) is 5.92 Å². The van der Waals surface area contributed by atoms with Crippen LogP contribution in [0.2, 0.25) is 5.02 Å². The Hall–Kier alpha value is -1.89. The van der Waals surface area contributed by atoms with Crippen LogP contribution in [0.4, 0.5) is 0 Å². The van der Waals surface area contributed by atoms with E-state index in [1.165, 1.54) is 10.4 Å². The molecule has 3 aromatic rings. The molecule has 3 heterocycles. The minimum absolute atomic E-state index is 0.0211. The normalized spacial score (nSPS) is 18.8. The third kappa shape index (κ3) is 2.96. The molecular weight excluding hydrogens is 384 g/mol. The third-order valence-corrected chi connectivity index (χ3v) is 6.76. The summed E-state index contributed by atoms with van der Waals surface area (Å²) >= 11 is 7.93. The van der Waals surface area contributed by atoms with E-state index in [0.717, 1.165) is 46.4 Å². The first-order valence-electron chi connectivity index (χ1n) is 9.11. The summed E-state index contributed by atoms with van der Waals surface area (Å²) in [4.78, 5) is 20.0. The topological polar surface area (TPSA) is 53.4 Å². The summed E-state index contributed by atoms with van der Waals surface area (Å²) in [5.41, 5.74) is 3.01. The van der Waals surface area contributed by atoms with E-state index in [1.54, 1.807) is 22.2 Å². The first-order valence-corrected chi connectivity index (χ1v) is 10.3. The molecule has 140 valence electrons. The molecule has 0 radical (unpaired) electrons. The van der Waals surface area contributed by atoms with E-state index in [9.17, 15) is 4.79 Å². The van der Waals surface area contributed by atoms with Crippen molar-refractivity contribution in [1.29, 1.82) is 0 Å². The van der Waals surface area contributed by atoms with E-state index >= 15 is 0 Å². The second-order valence-electron chi connectivity index (χ2n) is 7.37. The summed E-state index contributed by atoms with van der Waals surface area (Å²) in [6, 6.07) is 3.70. The van der Waals surface area contributed by atoms with E-state index in [1.807, 2.05) is 12.1 Å². The summed E-state index contributed by atoms with van der Waals surface area (Å²) < 4.78 is 12.7. The number of fused-ring (bicyclic) bond motifs is 4. The smallest absolute Gasteiger partial charge is 0.262 e. The van der Waals surface area contributed by atoms with Gasteiger partial charge in [-0.15, -0.1) is 11.3 Å². The minimum atomic E-state index is 0.0211. The zero-order valence-corrected chi connectivity index (χ0v) is 16.5. The van der Waals surface area contributed by atoms with Crippen molar-refractivity contribution in [3.63, 3.8) is 0 Å². The Morgan fingerprint density at radius 2 is 2.30 bits per heavy atom. The highest BCUT2D eigenvalue weighted by Gasteiger charge is 2.24. The van der Waals surface area contributed by atoms with Crippen LogP contribution in [0.5, 0.6) is 5.75 Å². The van der Waals surface area contributed by atoms with Gasteiger partial charge in [-0.3, -0.25) is 9.36 Å². The maximum atomic E-state index is 13.2. The molecule has 0 spiro atoms. The molecule has 1 unspecified atom stereocenters. The van der Waals surface area contributed by atoms with E-state index < -0.39 is 0 Å². The number of benzene rings is 1. The van der Waals surface area contributed by atoms with Gasteiger partial charge in [0.2, 0.25) is 0 Å². The predicted octanol–water partition coefficient (Wildman–Crippen LogP) is 4.15. The van der Waals surface area contributed by atoms with E-state index in [-0.39, 0.29) is 12.4 Å². The molecule has 1 aliphatic heterocycles. The Kier molecular flexibility index (Phi) is 4.22. The van der Waals surface area contributed by atoms with Gasteiger partial charge < -0.3 is 9.47 Å². The molecular formula is C20H19ClN2O3S. The Balaban J connectivity index is 1.60. The van der Waals surface area contributed by atoms with Crippen molar-refractivity contribution < 1.29 is 9.47 Å². The van der Waals surface area contributed by atoms with Gasteiger partial charge in [-0.2, -0.15) is 0 Å². The van der Waals surface area contributed by atoms with Crippen molar-refractivity contribution in [2.45, 2.75) is 39.3 Å². The monoisotopic (exact) mass is 402 g/mol. The molecule has 0 amide bonds. The molecule has 0 saturated heterocycles. The van der Waals surface area contributed by atoms with Crippen LogP contribution in [-0.4, -0.2) is 16.3 Å². The van der Waals surface area contributed by atoms with Gasteiger partial charge in [0.25, 0.3) is 5.56 Å². The molecule has 2 aromatic heterocycles. The van der Waals surface area contributed by atoms with Crippen LogP contribution >= 0.6 is 22.9 Å². The quantitative estimate of drug-likeness (QED) is 0.646. The van der Waals surface area contributed by atoms with Crippen molar-refractivity contribution in [3.05, 3.63) is 55.4 Å². The van der Waals surface area contributed by atoms with Crippen LogP contribution in [0.15, 0.2) is 23.3 Å². The number of nitrogens with zero attached hydrogens (tertiary/aromatic N) is 2. The summed E-state index contributed by atoms with van der Waals surface area (Å²) in [6.45, 7) is 3.33. The van der Waals surface area contributed by atoms with Crippen molar-refractivity contribution >= 4 is 33.2 Å². The Morgan fingerprint density at radius 1 is 1.41 bits per heavy atom. The van der Waals surface area contributed by atoms with Gasteiger partial charge in [0.1, 0.15) is 10.6 Å². The number of hydrogen-bond acceptors (Lipinski definition) is 5. The lowest BCUT2D eigenvalue weighted by molar-refractivity contribution is -0.0170. The largest absolute Gasteiger partial charge is 0.467 e. The second kappa shape index (κ2) is 6.62. The molecule has 2 aliphatic rings. The van der Waals surface area contributed by atoms with Gasteiger partial charge in [0, 0.05) is 21.0 Å². The minimum Gasteiger partial charge on any atom is -0.467 e. The maximum Gasteiger partial charge on any atom is 0.262 e. The second-order valence-corrected chi connectivity index (χ2v) is 8.89. The fourth-order valence-electron chi connectivity index (χ4n) is 4.04. The van der Waals surface area contributed by atoms with Gasteiger partial charge in [-0.25, -0.2) is 4.98 Å². The summed E-state index contributed by atoms with van der Waals surface area (Å²) in [7, 11) is 0. The molecule has 1 atom stereocenters. The van der Waals surface area contributed by atoms with Gasteiger partial charge in [-0.1, -0.05) is 18.5 Å². The Morgan fingerprint density at radius 3 is 3.19 bits per heavy atom. The highest BCUT2D eigenvalue weighted by atomic mass is 35.5. The van der Waals surface area contributed by atoms with E-state index in [0.29, 0.717) is 24.1 Å². The lowest BCUT2D eigenvalue weighted by Crippen LogP contribution is -2.23. The third-order valence-electron chi connectivity index (χ3n) is 5.37. The summed E-state index contributed by atoms with van der Waals surface area (Å²) in [5, 5.41) is 1.41. The van der Waals surface area contributed by atoms with Crippen molar-refractivity contribution in [3.8, 4) is 5.75 Å². The van der Waals surface area contributed by atoms with Crippen molar-refractivity contribution in [2.75, 3.05) is 6.79 Å². The summed E-state index contributed by atoms with van der Waals surface area (Å²) in [6.07, 6.45) is 4.78. The highest BCUT2D eigenvalue weighted by Crippen LogP contribution is 2.36. The molecule has 27 heavy (non-hydrogen) atoms. The zero-order chi connectivity index (χ0) is 18.5. The molecule has 5 rings (SSSR count). The molecule has 7 heteroatoms. The van der Waals surface area contributed by atoms with Gasteiger partial charge in [0.05, 0.1) is 24.9 Å². The fourth-order valence-corrected chi connectivity index (χ4v) is 5.64. The maximum absolute atomic E-state index is 13.2. The number of aromatic nitrogens is 2. The van der Waals surface area contributed by atoms with Crippen LogP contribution in [0.25, 0.3) is 10.2 Å². The number of halogens is 1. The van der Waals surface area contributed by atoms with Gasteiger partial charge in [0.15, 0.2) is 6.79 Å². The van der Waals surface area contributed by atoms with E-state index in [4.69, 9.17) is 21.1 Å². The fraction of sp³-hybridized carbons (Fsp3) is 0.400. The molecule has 1 aliphatic carbocycles. The average molecular weight is 403 g/mol. The first-order chi connectivity index (χ1) is 13.1. The number of hydrogen-bond donors (Lipinski definition) is 0. The van der Waals surface area contributed by atoms with Gasteiger partial charge in [-0.05, 0) is 42.9 Å². The average Bonchev–Trinajstić information content (AvgIpc) is 3.02. The highest BCUT2D eigenvalue weighted by molar-refractivity contribution is 7.18. The van der Waals surface area contributed by atoms with Crippen LogP contribution in [-0.2, 0) is 30.7 Å². The van der Waals surface area contributed by atoms with Crippen LogP contribution < -0.4 is 10.3 Å². The van der Waals surface area contributed by atoms with Crippen LogP contribution in [0.1, 0.15) is 34.9 Å². The molecule has 0 fully saturated rings. The Bertz CT molecular complexity index is 1100. The lowest BCUT2D eigenvalue weighted by atomic mass is 9.89. The number of ether oxygens (including phenoxy) is 2. The van der Waals surface area contributed by atoms with Crippen LogP contribution in [0.3, 0.4) is 0 Å². The van der Waals surface area contributed by atoms with E-state index in [2.05, 4.69) is 11.9 Å². The molecule has 0 saturated carbocycles. The van der Waals surface area contributed by atoms with Gasteiger partial charge >= 0.3 is 0 Å². The molecule has 1 aromatic carbocycles. The molecule has 0 N–H and O–H groups in total. The SMILES string of the molecule is CC1CCc2c(sc3ncn(Cc4cc(Cl)cc5c4OCOC5)c(=O)c23)C1. The lowest BCUT2D eigenvalue weighted by Gasteiger charge is -2.21. The molecule has 0 bridgehead atoms. The number of rotatable bonds is 2. The molecule has 5 nitrogen and oxygen atoms in total. The van der Waals surface area contributed by atoms with Crippen molar-refractivity contribution in [1.82, 2.24) is 9.55 Å². The summed E-state index contributed by atoms with van der Waals surface area (Å²) in [5.74, 6) is 1.43.